The van der Waals surface area contributed by atoms with Gasteiger partial charge in [0.1, 0.15) is 0 Å². The van der Waals surface area contributed by atoms with Crippen LogP contribution in [-0.2, 0) is 4.74 Å². The predicted molar refractivity (Wildman–Crippen MR) is 76.8 cm³/mol. The topological polar surface area (TPSA) is 60.2 Å². The third-order valence-corrected chi connectivity index (χ3v) is 5.78. The number of hydrazine groups is 1. The van der Waals surface area contributed by atoms with Gasteiger partial charge >= 0.3 is 0 Å². The molecule has 2 aliphatic rings. The van der Waals surface area contributed by atoms with Gasteiger partial charge < -0.3 is 4.74 Å². The van der Waals surface area contributed by atoms with E-state index in [0.29, 0.717) is 5.92 Å². The molecule has 0 bridgehead atoms. The van der Waals surface area contributed by atoms with E-state index in [1.807, 2.05) is 5.51 Å². The van der Waals surface area contributed by atoms with Crippen molar-refractivity contribution >= 4 is 11.3 Å². The minimum atomic E-state index is 0.149. The van der Waals surface area contributed by atoms with Crippen molar-refractivity contribution in [3.63, 3.8) is 0 Å². The van der Waals surface area contributed by atoms with Crippen molar-refractivity contribution in [1.29, 1.82) is 0 Å². The maximum Gasteiger partial charge on any atom is 0.0798 e. The first-order valence-corrected chi connectivity index (χ1v) is 8.12. The highest BCUT2D eigenvalue weighted by Crippen LogP contribution is 2.45. The highest BCUT2D eigenvalue weighted by atomic mass is 32.1. The molecule has 3 rings (SSSR count). The Hall–Kier alpha value is -0.490. The summed E-state index contributed by atoms with van der Waals surface area (Å²) in [6, 6.07) is 0.230. The predicted octanol–water partition coefficient (Wildman–Crippen LogP) is 2.70. The number of thiazole rings is 1. The lowest BCUT2D eigenvalue weighted by Gasteiger charge is -2.41. The number of nitrogens with one attached hydrogen (secondary N) is 1. The van der Waals surface area contributed by atoms with E-state index in [1.165, 1.54) is 30.6 Å². The van der Waals surface area contributed by atoms with Crippen LogP contribution in [0.2, 0.25) is 0 Å². The molecule has 0 amide bonds. The molecule has 0 aromatic carbocycles. The summed E-state index contributed by atoms with van der Waals surface area (Å²) in [5.74, 6) is 6.40. The Balaban J connectivity index is 1.78. The van der Waals surface area contributed by atoms with Gasteiger partial charge in [-0.05, 0) is 38.5 Å². The molecule has 4 nitrogen and oxygen atoms in total. The van der Waals surface area contributed by atoms with Gasteiger partial charge in [-0.25, -0.2) is 4.98 Å². The summed E-state index contributed by atoms with van der Waals surface area (Å²) in [7, 11) is 0. The number of hydrogen-bond acceptors (Lipinski definition) is 5. The second-order valence-electron chi connectivity index (χ2n) is 5.94. The van der Waals surface area contributed by atoms with Gasteiger partial charge in [0.25, 0.3) is 0 Å². The molecule has 106 valence electrons. The van der Waals surface area contributed by atoms with Crippen molar-refractivity contribution in [2.75, 3.05) is 6.61 Å². The summed E-state index contributed by atoms with van der Waals surface area (Å²) in [6.07, 6.45) is 7.30. The van der Waals surface area contributed by atoms with Crippen molar-refractivity contribution in [2.45, 2.75) is 57.1 Å². The van der Waals surface area contributed by atoms with Crippen LogP contribution in [0.1, 0.15) is 55.1 Å². The molecule has 2 atom stereocenters. The zero-order valence-electron chi connectivity index (χ0n) is 11.5. The fourth-order valence-electron chi connectivity index (χ4n) is 3.75. The molecule has 0 radical (unpaired) electrons. The standard InChI is InChI=1S/C14H23N3OS/c1-10-13(19-9-16-10)12(17-15)11-4-7-18-14(8-11)5-2-3-6-14/h9,11-12,17H,2-8,15H2,1H3. The Morgan fingerprint density at radius 3 is 2.95 bits per heavy atom. The van der Waals surface area contributed by atoms with Crippen LogP contribution < -0.4 is 11.3 Å². The SMILES string of the molecule is Cc1ncsc1C(NN)C1CCOC2(CCCC2)C1. The minimum absolute atomic E-state index is 0.149. The number of aromatic nitrogens is 1. The average molecular weight is 281 g/mol. The summed E-state index contributed by atoms with van der Waals surface area (Å²) in [5, 5.41) is 0. The van der Waals surface area contributed by atoms with Crippen LogP contribution in [0.3, 0.4) is 0 Å². The van der Waals surface area contributed by atoms with E-state index in [9.17, 15) is 0 Å². The fourth-order valence-corrected chi connectivity index (χ4v) is 4.71. The number of ether oxygens (including phenoxy) is 1. The van der Waals surface area contributed by atoms with Crippen LogP contribution in [0.4, 0.5) is 0 Å². The number of rotatable bonds is 3. The van der Waals surface area contributed by atoms with Gasteiger partial charge in [-0.3, -0.25) is 11.3 Å². The zero-order chi connectivity index (χ0) is 13.3. The van der Waals surface area contributed by atoms with E-state index < -0.39 is 0 Å². The molecule has 1 saturated heterocycles. The summed E-state index contributed by atoms with van der Waals surface area (Å²) in [5.41, 5.74) is 6.21. The summed E-state index contributed by atoms with van der Waals surface area (Å²) >= 11 is 1.71. The Bertz CT molecular complexity index is 428. The Morgan fingerprint density at radius 1 is 1.53 bits per heavy atom. The van der Waals surface area contributed by atoms with Gasteiger partial charge in [-0.1, -0.05) is 12.8 Å². The van der Waals surface area contributed by atoms with Crippen molar-refractivity contribution in [3.8, 4) is 0 Å². The first-order chi connectivity index (χ1) is 9.24. The Morgan fingerprint density at radius 2 is 2.32 bits per heavy atom. The largest absolute Gasteiger partial charge is 0.375 e. The van der Waals surface area contributed by atoms with Crippen molar-refractivity contribution in [2.24, 2.45) is 11.8 Å². The normalized spacial score (nSPS) is 27.8. The highest BCUT2D eigenvalue weighted by Gasteiger charge is 2.42. The summed E-state index contributed by atoms with van der Waals surface area (Å²) in [6.45, 7) is 2.95. The molecule has 1 aromatic rings. The monoisotopic (exact) mass is 281 g/mol. The van der Waals surface area contributed by atoms with E-state index in [1.54, 1.807) is 11.3 Å². The number of nitrogens with zero attached hydrogens (tertiary/aromatic N) is 1. The Labute approximate surface area is 118 Å². The third kappa shape index (κ3) is 2.57. The minimum Gasteiger partial charge on any atom is -0.375 e. The number of aryl methyl sites for hydroxylation is 1. The third-order valence-electron chi connectivity index (χ3n) is 4.76. The van der Waals surface area contributed by atoms with E-state index in [2.05, 4.69) is 17.3 Å². The van der Waals surface area contributed by atoms with Gasteiger partial charge in [0, 0.05) is 11.5 Å². The van der Waals surface area contributed by atoms with E-state index in [-0.39, 0.29) is 11.6 Å². The van der Waals surface area contributed by atoms with E-state index >= 15 is 0 Å². The zero-order valence-corrected chi connectivity index (χ0v) is 12.3. The molecule has 2 fully saturated rings. The number of nitrogens with two attached hydrogens (primary N) is 1. The highest BCUT2D eigenvalue weighted by molar-refractivity contribution is 7.09. The molecule has 3 N–H and O–H groups in total. The number of hydrogen-bond donors (Lipinski definition) is 2. The molecule has 5 heteroatoms. The van der Waals surface area contributed by atoms with Gasteiger partial charge in [0.2, 0.25) is 0 Å². The van der Waals surface area contributed by atoms with E-state index in [0.717, 1.165) is 25.1 Å². The van der Waals surface area contributed by atoms with Crippen molar-refractivity contribution < 1.29 is 4.74 Å². The lowest BCUT2D eigenvalue weighted by Crippen LogP contribution is -2.43. The van der Waals surface area contributed by atoms with Crippen LogP contribution in [0.15, 0.2) is 5.51 Å². The smallest absolute Gasteiger partial charge is 0.0798 e. The quantitative estimate of drug-likeness (QED) is 0.660. The van der Waals surface area contributed by atoms with Crippen molar-refractivity contribution in [1.82, 2.24) is 10.4 Å². The van der Waals surface area contributed by atoms with Gasteiger partial charge in [-0.15, -0.1) is 11.3 Å². The molecule has 19 heavy (non-hydrogen) atoms. The van der Waals surface area contributed by atoms with Crippen molar-refractivity contribution in [3.05, 3.63) is 16.1 Å². The molecule has 1 aliphatic heterocycles. The summed E-state index contributed by atoms with van der Waals surface area (Å²) < 4.78 is 6.12. The second kappa shape index (κ2) is 5.48. The first kappa shape index (κ1) is 13.5. The van der Waals surface area contributed by atoms with Crippen LogP contribution in [-0.4, -0.2) is 17.2 Å². The van der Waals surface area contributed by atoms with Gasteiger partial charge in [-0.2, -0.15) is 0 Å². The fraction of sp³-hybridized carbons (Fsp3) is 0.786. The first-order valence-electron chi connectivity index (χ1n) is 7.24. The van der Waals surface area contributed by atoms with Crippen LogP contribution in [0.25, 0.3) is 0 Å². The molecule has 2 heterocycles. The lowest BCUT2D eigenvalue weighted by molar-refractivity contribution is -0.0981. The van der Waals surface area contributed by atoms with Gasteiger partial charge in [0.05, 0.1) is 22.8 Å². The second-order valence-corrected chi connectivity index (χ2v) is 6.82. The van der Waals surface area contributed by atoms with Gasteiger partial charge in [0.15, 0.2) is 0 Å². The average Bonchev–Trinajstić information content (AvgIpc) is 3.02. The molecule has 1 spiro atoms. The van der Waals surface area contributed by atoms with E-state index in [4.69, 9.17) is 10.6 Å². The van der Waals surface area contributed by atoms with Crippen LogP contribution in [0.5, 0.6) is 0 Å². The molecule has 1 aromatic heterocycles. The molecule has 1 aliphatic carbocycles. The molecule has 1 saturated carbocycles. The van der Waals surface area contributed by atoms with Crippen LogP contribution in [0, 0.1) is 12.8 Å². The van der Waals surface area contributed by atoms with Crippen LogP contribution >= 0.6 is 11.3 Å². The summed E-state index contributed by atoms with van der Waals surface area (Å²) in [4.78, 5) is 5.66. The maximum absolute atomic E-state index is 6.12. The molecular weight excluding hydrogens is 258 g/mol. The molecular formula is C14H23N3OS. The Kier molecular flexibility index (Phi) is 3.89. The maximum atomic E-state index is 6.12. The lowest BCUT2D eigenvalue weighted by atomic mass is 9.80. The molecule has 2 unspecified atom stereocenters.